The number of carbonyl (C=O) groups excluding carboxylic acids is 2. The summed E-state index contributed by atoms with van der Waals surface area (Å²) in [5.74, 6) is 2.09. The fraction of sp³-hybridized carbons (Fsp3) is 0.905. The van der Waals surface area contributed by atoms with E-state index in [1.807, 2.05) is 6.92 Å². The number of halogens is 1. The molecule has 3 aliphatic carbocycles. The molecule has 6 atom stereocenters. The molecule has 25 heavy (non-hydrogen) atoms. The van der Waals surface area contributed by atoms with Crippen molar-refractivity contribution >= 4 is 27.7 Å². The maximum Gasteiger partial charge on any atom is 0.312 e. The SMILES string of the molecule is CCOC(=O)[C@]12CC[C@@]3(C)CCC(=O)[C@H](Br)C[C@H]3[C@@H]1CC[C@@H]2C(C)C. The first-order chi connectivity index (χ1) is 11.8. The van der Waals surface area contributed by atoms with Gasteiger partial charge in [0, 0.05) is 6.42 Å². The van der Waals surface area contributed by atoms with Gasteiger partial charge in [-0.15, -0.1) is 0 Å². The number of hydrogen-bond acceptors (Lipinski definition) is 3. The molecule has 4 heteroatoms. The van der Waals surface area contributed by atoms with Crippen LogP contribution in [0.15, 0.2) is 0 Å². The summed E-state index contributed by atoms with van der Waals surface area (Å²) in [6.07, 6.45) is 6.74. The highest BCUT2D eigenvalue weighted by molar-refractivity contribution is 9.10. The van der Waals surface area contributed by atoms with E-state index in [1.54, 1.807) is 0 Å². The van der Waals surface area contributed by atoms with Crippen LogP contribution in [0.3, 0.4) is 0 Å². The number of rotatable bonds is 3. The zero-order chi connectivity index (χ0) is 18.4. The average Bonchev–Trinajstić information content (AvgIpc) is 2.91. The summed E-state index contributed by atoms with van der Waals surface area (Å²) in [5, 5.41) is 0. The van der Waals surface area contributed by atoms with Gasteiger partial charge in [-0.25, -0.2) is 0 Å². The molecule has 142 valence electrons. The molecule has 3 aliphatic rings. The number of ether oxygens (including phenoxy) is 1. The lowest BCUT2D eigenvalue weighted by Gasteiger charge is -2.54. The molecule has 0 aromatic heterocycles. The Hall–Kier alpha value is -0.380. The Morgan fingerprint density at radius 2 is 1.96 bits per heavy atom. The molecular formula is C21H33BrO3. The summed E-state index contributed by atoms with van der Waals surface area (Å²) in [7, 11) is 0. The van der Waals surface area contributed by atoms with Crippen molar-refractivity contribution < 1.29 is 14.3 Å². The molecule has 0 heterocycles. The van der Waals surface area contributed by atoms with Gasteiger partial charge in [0.25, 0.3) is 0 Å². The van der Waals surface area contributed by atoms with E-state index >= 15 is 0 Å². The molecular weight excluding hydrogens is 380 g/mol. The van der Waals surface area contributed by atoms with Crippen molar-refractivity contribution in [3.05, 3.63) is 0 Å². The Morgan fingerprint density at radius 1 is 1.24 bits per heavy atom. The number of hydrogen-bond donors (Lipinski definition) is 0. The molecule has 0 aromatic rings. The van der Waals surface area contributed by atoms with E-state index in [9.17, 15) is 9.59 Å². The standard InChI is InChI=1S/C21H33BrO3/c1-5-25-19(24)21-11-10-20(4)9-8-18(23)17(22)12-16(20)15(21)7-6-14(21)13(2)3/h13-17H,5-12H2,1-4H3/t14-,15+,16+,17-,20-,21+/m1/s1. The second-order valence-electron chi connectivity index (χ2n) is 9.23. The van der Waals surface area contributed by atoms with Crippen molar-refractivity contribution in [3.63, 3.8) is 0 Å². The number of alkyl halides is 1. The molecule has 0 radical (unpaired) electrons. The van der Waals surface area contributed by atoms with Crippen LogP contribution < -0.4 is 0 Å². The van der Waals surface area contributed by atoms with Gasteiger partial charge in [-0.05, 0) is 74.5 Å². The third kappa shape index (κ3) is 3.00. The van der Waals surface area contributed by atoms with Gasteiger partial charge in [-0.2, -0.15) is 0 Å². The molecule has 3 rings (SSSR count). The largest absolute Gasteiger partial charge is 0.466 e. The van der Waals surface area contributed by atoms with Gasteiger partial charge in [0.2, 0.25) is 0 Å². The minimum Gasteiger partial charge on any atom is -0.466 e. The minimum atomic E-state index is -0.325. The van der Waals surface area contributed by atoms with Gasteiger partial charge in [0.05, 0.1) is 16.8 Å². The van der Waals surface area contributed by atoms with E-state index in [4.69, 9.17) is 4.74 Å². The Morgan fingerprint density at radius 3 is 2.60 bits per heavy atom. The highest BCUT2D eigenvalue weighted by Gasteiger charge is 2.64. The topological polar surface area (TPSA) is 43.4 Å². The number of ketones is 1. The second-order valence-corrected chi connectivity index (χ2v) is 10.3. The first-order valence-electron chi connectivity index (χ1n) is 10.1. The molecule has 3 nitrogen and oxygen atoms in total. The van der Waals surface area contributed by atoms with Crippen molar-refractivity contribution in [1.29, 1.82) is 0 Å². The zero-order valence-electron chi connectivity index (χ0n) is 16.1. The maximum absolute atomic E-state index is 13.2. The van der Waals surface area contributed by atoms with Gasteiger partial charge < -0.3 is 4.74 Å². The molecule has 0 unspecified atom stereocenters. The van der Waals surface area contributed by atoms with Crippen molar-refractivity contribution in [3.8, 4) is 0 Å². The monoisotopic (exact) mass is 412 g/mol. The van der Waals surface area contributed by atoms with Crippen molar-refractivity contribution in [2.45, 2.75) is 77.5 Å². The summed E-state index contributed by atoms with van der Waals surface area (Å²) in [6, 6.07) is 0. The normalized spacial score (nSPS) is 44.2. The van der Waals surface area contributed by atoms with Crippen LogP contribution in [0.2, 0.25) is 0 Å². The molecule has 0 N–H and O–H groups in total. The lowest BCUT2D eigenvalue weighted by Crippen LogP contribution is -2.53. The lowest BCUT2D eigenvalue weighted by atomic mass is 9.50. The lowest BCUT2D eigenvalue weighted by molar-refractivity contribution is -0.173. The van der Waals surface area contributed by atoms with Crippen LogP contribution >= 0.6 is 15.9 Å². The van der Waals surface area contributed by atoms with Gasteiger partial charge >= 0.3 is 5.97 Å². The highest BCUT2D eigenvalue weighted by atomic mass is 79.9. The molecule has 3 saturated carbocycles. The van der Waals surface area contributed by atoms with E-state index in [-0.39, 0.29) is 21.6 Å². The molecule has 0 spiro atoms. The van der Waals surface area contributed by atoms with Crippen LogP contribution in [0.1, 0.15) is 72.6 Å². The van der Waals surface area contributed by atoms with E-state index in [1.165, 1.54) is 0 Å². The van der Waals surface area contributed by atoms with E-state index in [0.29, 0.717) is 42.5 Å². The van der Waals surface area contributed by atoms with Crippen LogP contribution in [0.5, 0.6) is 0 Å². The first kappa shape index (κ1) is 19.4. The van der Waals surface area contributed by atoms with E-state index in [2.05, 4.69) is 36.7 Å². The van der Waals surface area contributed by atoms with Crippen LogP contribution in [0, 0.1) is 34.5 Å². The fourth-order valence-corrected chi connectivity index (χ4v) is 7.15. The van der Waals surface area contributed by atoms with E-state index < -0.39 is 0 Å². The summed E-state index contributed by atoms with van der Waals surface area (Å²) in [6.45, 7) is 9.25. The van der Waals surface area contributed by atoms with Gasteiger partial charge in [0.1, 0.15) is 5.78 Å². The second kappa shape index (κ2) is 6.98. The van der Waals surface area contributed by atoms with E-state index in [0.717, 1.165) is 38.5 Å². The zero-order valence-corrected chi connectivity index (χ0v) is 17.7. The number of carbonyl (C=O) groups is 2. The number of esters is 1. The summed E-state index contributed by atoms with van der Waals surface area (Å²) >= 11 is 3.65. The quantitative estimate of drug-likeness (QED) is 0.475. The third-order valence-corrected chi connectivity index (χ3v) is 8.70. The molecule has 0 saturated heterocycles. The Labute approximate surface area is 160 Å². The maximum atomic E-state index is 13.2. The van der Waals surface area contributed by atoms with Crippen molar-refractivity contribution in [2.24, 2.45) is 34.5 Å². The Kier molecular flexibility index (Phi) is 5.41. The van der Waals surface area contributed by atoms with Crippen LogP contribution in [0.25, 0.3) is 0 Å². The van der Waals surface area contributed by atoms with Gasteiger partial charge in [0.15, 0.2) is 0 Å². The molecule has 3 fully saturated rings. The number of Topliss-reactive ketones (excluding diaryl/α,β-unsaturated/α-hetero) is 1. The van der Waals surface area contributed by atoms with Gasteiger partial charge in [-0.3, -0.25) is 9.59 Å². The van der Waals surface area contributed by atoms with Crippen LogP contribution in [-0.4, -0.2) is 23.2 Å². The molecule has 0 aromatic carbocycles. The summed E-state index contributed by atoms with van der Waals surface area (Å²) < 4.78 is 5.64. The summed E-state index contributed by atoms with van der Waals surface area (Å²) in [4.78, 5) is 25.5. The Bertz CT molecular complexity index is 545. The molecule has 0 bridgehead atoms. The Balaban J connectivity index is 2.02. The molecule has 0 aliphatic heterocycles. The third-order valence-electron chi connectivity index (χ3n) is 7.82. The average molecular weight is 413 g/mol. The smallest absolute Gasteiger partial charge is 0.312 e. The van der Waals surface area contributed by atoms with Crippen molar-refractivity contribution in [1.82, 2.24) is 0 Å². The first-order valence-corrected chi connectivity index (χ1v) is 11.0. The number of fused-ring (bicyclic) bond motifs is 3. The molecule has 0 amide bonds. The minimum absolute atomic E-state index is 0.0416. The highest BCUT2D eigenvalue weighted by Crippen LogP contribution is 2.66. The summed E-state index contributed by atoms with van der Waals surface area (Å²) in [5.41, 5.74) is -0.140. The van der Waals surface area contributed by atoms with Gasteiger partial charge in [-0.1, -0.05) is 36.7 Å². The van der Waals surface area contributed by atoms with Crippen LogP contribution in [-0.2, 0) is 14.3 Å². The van der Waals surface area contributed by atoms with Crippen LogP contribution in [0.4, 0.5) is 0 Å². The predicted molar refractivity (Wildman–Crippen MR) is 103 cm³/mol. The van der Waals surface area contributed by atoms with Crippen molar-refractivity contribution in [2.75, 3.05) is 6.61 Å². The predicted octanol–water partition coefficient (Wildman–Crippen LogP) is 5.15. The fourth-order valence-electron chi connectivity index (χ4n) is 6.52.